The molecule has 0 aromatic heterocycles. The van der Waals surface area contributed by atoms with Gasteiger partial charge in [0.05, 0.1) is 7.11 Å². The smallest absolute Gasteiger partial charge is 0.122 e. The van der Waals surface area contributed by atoms with E-state index < -0.39 is 0 Å². The first kappa shape index (κ1) is 11.5. The number of benzene rings is 1. The van der Waals surface area contributed by atoms with Gasteiger partial charge in [-0.1, -0.05) is 31.0 Å². The van der Waals surface area contributed by atoms with E-state index >= 15 is 0 Å². The van der Waals surface area contributed by atoms with E-state index in [0.717, 1.165) is 18.6 Å². The molecule has 0 radical (unpaired) electrons. The molecule has 16 heavy (non-hydrogen) atoms. The summed E-state index contributed by atoms with van der Waals surface area (Å²) in [4.78, 5) is 0. The summed E-state index contributed by atoms with van der Waals surface area (Å²) in [6.45, 7) is 4.35. The van der Waals surface area contributed by atoms with Gasteiger partial charge in [-0.15, -0.1) is 0 Å². The topological polar surface area (TPSA) is 35.2 Å². The van der Waals surface area contributed by atoms with Crippen LogP contribution in [-0.2, 0) is 0 Å². The second-order valence-corrected chi connectivity index (χ2v) is 4.82. The number of ether oxygens (including phenoxy) is 1. The van der Waals surface area contributed by atoms with Crippen LogP contribution in [0, 0.1) is 12.8 Å². The van der Waals surface area contributed by atoms with Crippen LogP contribution in [0.3, 0.4) is 0 Å². The Morgan fingerprint density at radius 3 is 2.75 bits per heavy atom. The Morgan fingerprint density at radius 1 is 1.44 bits per heavy atom. The van der Waals surface area contributed by atoms with Crippen molar-refractivity contribution in [3.8, 4) is 5.75 Å². The summed E-state index contributed by atoms with van der Waals surface area (Å²) in [6, 6.07) is 6.79. The Kier molecular flexibility index (Phi) is 3.20. The fourth-order valence-electron chi connectivity index (χ4n) is 2.83. The maximum Gasteiger partial charge on any atom is 0.122 e. The van der Waals surface area contributed by atoms with Gasteiger partial charge in [0.1, 0.15) is 5.75 Å². The first-order chi connectivity index (χ1) is 7.67. The molecule has 0 aliphatic heterocycles. The lowest BCUT2D eigenvalue weighted by molar-refractivity contribution is 0.194. The van der Waals surface area contributed by atoms with E-state index in [9.17, 15) is 0 Å². The summed E-state index contributed by atoms with van der Waals surface area (Å²) in [6.07, 6.45) is 2.25. The molecule has 0 heterocycles. The maximum atomic E-state index is 6.05. The molecule has 1 saturated carbocycles. The minimum Gasteiger partial charge on any atom is -0.496 e. The third-order valence-corrected chi connectivity index (χ3v) is 3.85. The molecule has 3 atom stereocenters. The molecule has 1 aliphatic carbocycles. The molecular formula is C14H21NO. The number of aryl methyl sites for hydroxylation is 1. The van der Waals surface area contributed by atoms with Crippen LogP contribution in [0.4, 0.5) is 0 Å². The van der Waals surface area contributed by atoms with Gasteiger partial charge in [-0.2, -0.15) is 0 Å². The fourth-order valence-corrected chi connectivity index (χ4v) is 2.83. The van der Waals surface area contributed by atoms with Crippen molar-refractivity contribution >= 4 is 0 Å². The number of nitrogens with two attached hydrogens (primary N) is 1. The lowest BCUT2D eigenvalue weighted by Crippen LogP contribution is -2.45. The monoisotopic (exact) mass is 219 g/mol. The van der Waals surface area contributed by atoms with E-state index in [2.05, 4.69) is 32.0 Å². The van der Waals surface area contributed by atoms with E-state index in [4.69, 9.17) is 10.5 Å². The fraction of sp³-hybridized carbons (Fsp3) is 0.571. The van der Waals surface area contributed by atoms with Crippen molar-refractivity contribution in [2.75, 3.05) is 7.11 Å². The highest BCUT2D eigenvalue weighted by Crippen LogP contribution is 2.46. The second kappa shape index (κ2) is 4.46. The van der Waals surface area contributed by atoms with Crippen LogP contribution in [0.1, 0.15) is 36.8 Å². The van der Waals surface area contributed by atoms with Gasteiger partial charge in [-0.3, -0.25) is 0 Å². The average Bonchev–Trinajstić information content (AvgIpc) is 2.26. The number of methoxy groups -OCH3 is 1. The molecule has 1 aromatic rings. The third kappa shape index (κ3) is 1.82. The summed E-state index contributed by atoms with van der Waals surface area (Å²) in [5.41, 5.74) is 8.69. The summed E-state index contributed by atoms with van der Waals surface area (Å²) >= 11 is 0. The van der Waals surface area contributed by atoms with Crippen molar-refractivity contribution in [2.45, 2.75) is 38.6 Å². The molecule has 0 amide bonds. The van der Waals surface area contributed by atoms with Crippen LogP contribution in [-0.4, -0.2) is 13.2 Å². The predicted molar refractivity (Wildman–Crippen MR) is 66.8 cm³/mol. The van der Waals surface area contributed by atoms with Crippen LogP contribution < -0.4 is 10.5 Å². The van der Waals surface area contributed by atoms with Crippen molar-refractivity contribution in [2.24, 2.45) is 11.7 Å². The summed E-state index contributed by atoms with van der Waals surface area (Å²) in [5, 5.41) is 0. The van der Waals surface area contributed by atoms with E-state index in [1.54, 1.807) is 7.11 Å². The van der Waals surface area contributed by atoms with Gasteiger partial charge in [0.25, 0.3) is 0 Å². The molecule has 88 valence electrons. The molecule has 1 aromatic carbocycles. The largest absolute Gasteiger partial charge is 0.496 e. The Hall–Kier alpha value is -1.02. The van der Waals surface area contributed by atoms with Crippen molar-refractivity contribution in [3.63, 3.8) is 0 Å². The van der Waals surface area contributed by atoms with Crippen molar-refractivity contribution < 1.29 is 4.74 Å². The van der Waals surface area contributed by atoms with Gasteiger partial charge in [0, 0.05) is 6.04 Å². The second-order valence-electron chi connectivity index (χ2n) is 4.82. The molecule has 1 aliphatic rings. The molecule has 2 rings (SSSR count). The number of hydrogen-bond donors (Lipinski definition) is 1. The molecule has 2 heteroatoms. The Morgan fingerprint density at radius 2 is 2.19 bits per heavy atom. The van der Waals surface area contributed by atoms with Crippen molar-refractivity contribution in [1.29, 1.82) is 0 Å². The van der Waals surface area contributed by atoms with Crippen LogP contribution in [0.2, 0.25) is 0 Å². The van der Waals surface area contributed by atoms with E-state index in [1.165, 1.54) is 11.1 Å². The predicted octanol–water partition coefficient (Wildman–Crippen LogP) is 2.84. The van der Waals surface area contributed by atoms with Crippen LogP contribution in [0.15, 0.2) is 18.2 Å². The van der Waals surface area contributed by atoms with Gasteiger partial charge in [-0.05, 0) is 36.8 Å². The van der Waals surface area contributed by atoms with Gasteiger partial charge < -0.3 is 10.5 Å². The molecule has 3 unspecified atom stereocenters. The summed E-state index contributed by atoms with van der Waals surface area (Å²) in [5.74, 6) is 2.23. The highest BCUT2D eigenvalue weighted by molar-refractivity contribution is 5.41. The zero-order chi connectivity index (χ0) is 11.7. The van der Waals surface area contributed by atoms with Crippen molar-refractivity contribution in [3.05, 3.63) is 29.3 Å². The third-order valence-electron chi connectivity index (χ3n) is 3.85. The molecule has 0 bridgehead atoms. The molecule has 2 nitrogen and oxygen atoms in total. The SMILES string of the molecule is CCC1C(N)CC1c1cc(C)ccc1OC. The van der Waals surface area contributed by atoms with E-state index in [-0.39, 0.29) is 0 Å². The van der Waals surface area contributed by atoms with Gasteiger partial charge >= 0.3 is 0 Å². The Labute approximate surface area is 97.8 Å². The lowest BCUT2D eigenvalue weighted by Gasteiger charge is -2.43. The molecule has 2 N–H and O–H groups in total. The maximum absolute atomic E-state index is 6.05. The minimum atomic E-state index is 0.375. The Bertz CT molecular complexity index is 375. The summed E-state index contributed by atoms with van der Waals surface area (Å²) in [7, 11) is 1.74. The lowest BCUT2D eigenvalue weighted by atomic mass is 9.65. The number of hydrogen-bond acceptors (Lipinski definition) is 2. The standard InChI is InChI=1S/C14H21NO/c1-4-10-11(8-13(10)15)12-7-9(2)5-6-14(12)16-3/h5-7,10-11,13H,4,8,15H2,1-3H3. The van der Waals surface area contributed by atoms with Gasteiger partial charge in [-0.25, -0.2) is 0 Å². The summed E-state index contributed by atoms with van der Waals surface area (Å²) < 4.78 is 5.44. The average molecular weight is 219 g/mol. The minimum absolute atomic E-state index is 0.375. The molecule has 1 fully saturated rings. The first-order valence-corrected chi connectivity index (χ1v) is 6.07. The van der Waals surface area contributed by atoms with Crippen LogP contribution in [0.5, 0.6) is 5.75 Å². The van der Waals surface area contributed by atoms with Crippen LogP contribution >= 0.6 is 0 Å². The highest BCUT2D eigenvalue weighted by atomic mass is 16.5. The van der Waals surface area contributed by atoms with Crippen molar-refractivity contribution in [1.82, 2.24) is 0 Å². The zero-order valence-corrected chi connectivity index (χ0v) is 10.4. The highest BCUT2D eigenvalue weighted by Gasteiger charge is 2.39. The molecule has 0 saturated heterocycles. The van der Waals surface area contributed by atoms with E-state index in [1.807, 2.05) is 0 Å². The number of rotatable bonds is 3. The normalized spacial score (nSPS) is 28.6. The van der Waals surface area contributed by atoms with Gasteiger partial charge in [0.2, 0.25) is 0 Å². The zero-order valence-electron chi connectivity index (χ0n) is 10.4. The molecular weight excluding hydrogens is 198 g/mol. The van der Waals surface area contributed by atoms with Crippen LogP contribution in [0.25, 0.3) is 0 Å². The molecule has 0 spiro atoms. The van der Waals surface area contributed by atoms with E-state index in [0.29, 0.717) is 17.9 Å². The van der Waals surface area contributed by atoms with Gasteiger partial charge in [0.15, 0.2) is 0 Å². The first-order valence-electron chi connectivity index (χ1n) is 6.07. The quantitative estimate of drug-likeness (QED) is 0.848. The Balaban J connectivity index is 2.29.